The Bertz CT molecular complexity index is 624. The van der Waals surface area contributed by atoms with E-state index >= 15 is 0 Å². The number of piperazine rings is 1. The molecule has 1 aliphatic carbocycles. The van der Waals surface area contributed by atoms with Crippen LogP contribution >= 0.6 is 11.5 Å². The molecule has 1 saturated heterocycles. The second kappa shape index (κ2) is 5.40. The fraction of sp³-hybridized carbons (Fsp3) is 0.769. The molecule has 1 aromatic rings. The highest BCUT2D eigenvalue weighted by atomic mass is 32.2. The van der Waals surface area contributed by atoms with Crippen LogP contribution < -0.4 is 10.6 Å². The van der Waals surface area contributed by atoms with E-state index < -0.39 is 9.84 Å². The van der Waals surface area contributed by atoms with Crippen molar-refractivity contribution in [2.75, 3.05) is 36.8 Å². The second-order valence-corrected chi connectivity index (χ2v) is 8.79. The molecule has 118 valence electrons. The Hall–Kier alpha value is -0.860. The van der Waals surface area contributed by atoms with Crippen LogP contribution in [0.5, 0.6) is 0 Å². The number of likely N-dealkylation sites (N-methyl/N-ethyl adjacent to an activating group) is 1. The fourth-order valence-corrected chi connectivity index (χ4v) is 6.01. The summed E-state index contributed by atoms with van der Waals surface area (Å²) in [6.45, 7) is 7.94. The Kier molecular flexibility index (Phi) is 3.87. The standard InChI is InChI=1S/C13H22N4O2S2/c1-3-16-6-7-17(8-9(16)2)13-11(12(14)15-20-13)21(18,19)10-4-5-10/h9-10H,3-8H2,1-2H3,(H2,14,15). The molecular formula is C13H22N4O2S2. The van der Waals surface area contributed by atoms with Crippen molar-refractivity contribution in [3.8, 4) is 0 Å². The van der Waals surface area contributed by atoms with E-state index in [-0.39, 0.29) is 16.0 Å². The molecule has 6 nitrogen and oxygen atoms in total. The third-order valence-electron chi connectivity index (χ3n) is 4.36. The van der Waals surface area contributed by atoms with E-state index in [2.05, 4.69) is 28.0 Å². The Morgan fingerprint density at radius 2 is 2.10 bits per heavy atom. The molecule has 2 aliphatic rings. The van der Waals surface area contributed by atoms with Crippen molar-refractivity contribution in [2.45, 2.75) is 42.9 Å². The molecular weight excluding hydrogens is 308 g/mol. The zero-order valence-electron chi connectivity index (χ0n) is 12.4. The maximum atomic E-state index is 12.6. The number of hydrogen-bond donors (Lipinski definition) is 1. The van der Waals surface area contributed by atoms with Crippen LogP contribution in [-0.4, -0.2) is 55.2 Å². The normalized spacial score (nSPS) is 24.5. The quantitative estimate of drug-likeness (QED) is 0.893. The number of rotatable bonds is 4. The van der Waals surface area contributed by atoms with E-state index in [1.165, 1.54) is 11.5 Å². The van der Waals surface area contributed by atoms with E-state index in [0.717, 1.165) is 44.0 Å². The molecule has 8 heteroatoms. The number of nitrogens with two attached hydrogens (primary N) is 1. The van der Waals surface area contributed by atoms with Crippen molar-refractivity contribution in [2.24, 2.45) is 0 Å². The van der Waals surface area contributed by atoms with Gasteiger partial charge in [-0.05, 0) is 37.8 Å². The van der Waals surface area contributed by atoms with Gasteiger partial charge in [0.25, 0.3) is 0 Å². The van der Waals surface area contributed by atoms with Gasteiger partial charge in [-0.2, -0.15) is 4.37 Å². The van der Waals surface area contributed by atoms with Gasteiger partial charge in [0.15, 0.2) is 15.7 Å². The van der Waals surface area contributed by atoms with Crippen molar-refractivity contribution in [3.05, 3.63) is 0 Å². The zero-order valence-corrected chi connectivity index (χ0v) is 14.1. The number of aromatic nitrogens is 1. The van der Waals surface area contributed by atoms with E-state index in [1.807, 2.05) is 0 Å². The van der Waals surface area contributed by atoms with Gasteiger partial charge in [0.05, 0.1) is 5.25 Å². The Balaban J connectivity index is 1.90. The monoisotopic (exact) mass is 330 g/mol. The number of nitrogens with zero attached hydrogens (tertiary/aromatic N) is 3. The Morgan fingerprint density at radius 3 is 2.67 bits per heavy atom. The lowest BCUT2D eigenvalue weighted by molar-refractivity contribution is 0.199. The molecule has 1 atom stereocenters. The lowest BCUT2D eigenvalue weighted by atomic mass is 10.2. The van der Waals surface area contributed by atoms with Crippen LogP contribution in [0.25, 0.3) is 0 Å². The van der Waals surface area contributed by atoms with Gasteiger partial charge >= 0.3 is 0 Å². The molecule has 0 amide bonds. The van der Waals surface area contributed by atoms with Crippen LogP contribution in [0.2, 0.25) is 0 Å². The highest BCUT2D eigenvalue weighted by Crippen LogP contribution is 2.42. The van der Waals surface area contributed by atoms with Crippen molar-refractivity contribution in [3.63, 3.8) is 0 Å². The van der Waals surface area contributed by atoms with Crippen molar-refractivity contribution < 1.29 is 8.42 Å². The Labute approximate surface area is 130 Å². The van der Waals surface area contributed by atoms with Crippen LogP contribution in [0, 0.1) is 0 Å². The summed E-state index contributed by atoms with van der Waals surface area (Å²) in [5, 5.41) is 0.492. The zero-order chi connectivity index (χ0) is 15.2. The SMILES string of the molecule is CCN1CCN(c2snc(N)c2S(=O)(=O)C2CC2)CC1C. The van der Waals surface area contributed by atoms with Gasteiger partial charge in [0.2, 0.25) is 0 Å². The predicted molar refractivity (Wildman–Crippen MR) is 85.7 cm³/mol. The lowest BCUT2D eigenvalue weighted by Gasteiger charge is -2.39. The lowest BCUT2D eigenvalue weighted by Crippen LogP contribution is -2.51. The number of hydrogen-bond acceptors (Lipinski definition) is 7. The first-order valence-electron chi connectivity index (χ1n) is 7.43. The average Bonchev–Trinajstić information content (AvgIpc) is 3.22. The van der Waals surface area contributed by atoms with Gasteiger partial charge in [0.1, 0.15) is 9.90 Å². The number of nitrogen functional groups attached to an aromatic ring is 1. The van der Waals surface area contributed by atoms with E-state index in [0.29, 0.717) is 6.04 Å². The number of anilines is 2. The van der Waals surface area contributed by atoms with Crippen LogP contribution in [-0.2, 0) is 9.84 Å². The maximum Gasteiger partial charge on any atom is 0.187 e. The van der Waals surface area contributed by atoms with Crippen LogP contribution in [0.1, 0.15) is 26.7 Å². The predicted octanol–water partition coefficient (Wildman–Crippen LogP) is 1.19. The molecule has 0 bridgehead atoms. The molecule has 1 unspecified atom stereocenters. The van der Waals surface area contributed by atoms with Crippen molar-refractivity contribution in [1.82, 2.24) is 9.27 Å². The molecule has 0 spiro atoms. The topological polar surface area (TPSA) is 79.5 Å². The molecule has 21 heavy (non-hydrogen) atoms. The third-order valence-corrected chi connectivity index (χ3v) is 7.74. The van der Waals surface area contributed by atoms with Crippen LogP contribution in [0.4, 0.5) is 10.8 Å². The molecule has 1 aliphatic heterocycles. The molecule has 2 N–H and O–H groups in total. The summed E-state index contributed by atoms with van der Waals surface area (Å²) in [6, 6.07) is 0.406. The molecule has 1 aromatic heterocycles. The summed E-state index contributed by atoms with van der Waals surface area (Å²) in [5.74, 6) is 0.174. The van der Waals surface area contributed by atoms with E-state index in [4.69, 9.17) is 5.73 Å². The first-order chi connectivity index (χ1) is 9.95. The van der Waals surface area contributed by atoms with Gasteiger partial charge in [-0.25, -0.2) is 8.42 Å². The molecule has 0 radical (unpaired) electrons. The van der Waals surface area contributed by atoms with Gasteiger partial charge in [0, 0.05) is 25.7 Å². The first kappa shape index (κ1) is 15.1. The minimum absolute atomic E-state index is 0.174. The summed E-state index contributed by atoms with van der Waals surface area (Å²) >= 11 is 1.22. The van der Waals surface area contributed by atoms with Crippen LogP contribution in [0.3, 0.4) is 0 Å². The summed E-state index contributed by atoms with van der Waals surface area (Å²) in [7, 11) is -3.30. The van der Waals surface area contributed by atoms with Gasteiger partial charge in [-0.15, -0.1) is 0 Å². The molecule has 2 fully saturated rings. The van der Waals surface area contributed by atoms with Crippen LogP contribution in [0.15, 0.2) is 4.90 Å². The molecule has 3 rings (SSSR count). The minimum atomic E-state index is -3.30. The highest BCUT2D eigenvalue weighted by Gasteiger charge is 2.42. The number of sulfone groups is 1. The van der Waals surface area contributed by atoms with E-state index in [1.54, 1.807) is 0 Å². The summed E-state index contributed by atoms with van der Waals surface area (Å²) < 4.78 is 29.3. The first-order valence-corrected chi connectivity index (χ1v) is 9.75. The highest BCUT2D eigenvalue weighted by molar-refractivity contribution is 7.92. The average molecular weight is 330 g/mol. The summed E-state index contributed by atoms with van der Waals surface area (Å²) in [4.78, 5) is 4.82. The third kappa shape index (κ3) is 2.64. The van der Waals surface area contributed by atoms with Crippen molar-refractivity contribution in [1.29, 1.82) is 0 Å². The summed E-state index contributed by atoms with van der Waals surface area (Å²) in [5.41, 5.74) is 5.87. The second-order valence-electron chi connectivity index (χ2n) is 5.87. The van der Waals surface area contributed by atoms with Crippen molar-refractivity contribution >= 4 is 32.2 Å². The van der Waals surface area contributed by atoms with Gasteiger partial charge in [-0.3, -0.25) is 4.90 Å². The largest absolute Gasteiger partial charge is 0.382 e. The fourth-order valence-electron chi connectivity index (χ4n) is 2.95. The van der Waals surface area contributed by atoms with Gasteiger partial charge < -0.3 is 10.6 Å². The maximum absolute atomic E-state index is 12.6. The molecule has 2 heterocycles. The minimum Gasteiger partial charge on any atom is -0.382 e. The van der Waals surface area contributed by atoms with Gasteiger partial charge in [-0.1, -0.05) is 6.92 Å². The summed E-state index contributed by atoms with van der Waals surface area (Å²) in [6.07, 6.45) is 1.49. The van der Waals surface area contributed by atoms with E-state index in [9.17, 15) is 8.42 Å². The Morgan fingerprint density at radius 1 is 1.38 bits per heavy atom. The molecule has 1 saturated carbocycles. The molecule has 0 aromatic carbocycles. The smallest absolute Gasteiger partial charge is 0.187 e.